The highest BCUT2D eigenvalue weighted by molar-refractivity contribution is 5.94. The van der Waals surface area contributed by atoms with Crippen molar-refractivity contribution in [2.45, 2.75) is 12.8 Å². The van der Waals surface area contributed by atoms with E-state index in [4.69, 9.17) is 10.00 Å². The van der Waals surface area contributed by atoms with Gasteiger partial charge >= 0.3 is 0 Å². The zero-order valence-electron chi connectivity index (χ0n) is 14.5. The average molecular weight is 327 g/mol. The van der Waals surface area contributed by atoms with E-state index in [0.717, 1.165) is 45.7 Å². The maximum absolute atomic E-state index is 12.9. The molecule has 0 aromatic heterocycles. The normalized spacial score (nSPS) is 22.8. The highest BCUT2D eigenvalue weighted by Crippen LogP contribution is 2.44. The fourth-order valence-electron chi connectivity index (χ4n) is 4.09. The van der Waals surface area contributed by atoms with Crippen LogP contribution in [0.4, 0.5) is 0 Å². The first kappa shape index (κ1) is 16.9. The Kier molecular flexibility index (Phi) is 4.88. The van der Waals surface area contributed by atoms with E-state index >= 15 is 0 Å². The Balaban J connectivity index is 1.78. The molecule has 5 heteroatoms. The highest BCUT2D eigenvalue weighted by atomic mass is 16.5. The number of likely N-dealkylation sites (tertiary alicyclic amines) is 1. The Morgan fingerprint density at radius 1 is 1.33 bits per heavy atom. The molecule has 2 saturated heterocycles. The van der Waals surface area contributed by atoms with E-state index in [1.807, 2.05) is 4.90 Å². The van der Waals surface area contributed by atoms with Gasteiger partial charge in [0.05, 0.1) is 11.6 Å². The van der Waals surface area contributed by atoms with E-state index in [1.165, 1.54) is 0 Å². The summed E-state index contributed by atoms with van der Waals surface area (Å²) in [6.45, 7) is 4.20. The van der Waals surface area contributed by atoms with Crippen LogP contribution in [-0.2, 0) is 4.74 Å². The van der Waals surface area contributed by atoms with Gasteiger partial charge in [0.15, 0.2) is 0 Å². The van der Waals surface area contributed by atoms with Crippen molar-refractivity contribution in [2.75, 3.05) is 46.9 Å². The molecule has 0 radical (unpaired) electrons. The lowest BCUT2D eigenvalue weighted by Crippen LogP contribution is -2.40. The summed E-state index contributed by atoms with van der Waals surface area (Å²) in [5.74, 6) is 0.561. The van der Waals surface area contributed by atoms with E-state index in [9.17, 15) is 4.79 Å². The number of hydrogen-bond donors (Lipinski definition) is 0. The zero-order valence-corrected chi connectivity index (χ0v) is 14.5. The maximum Gasteiger partial charge on any atom is 0.253 e. The van der Waals surface area contributed by atoms with Gasteiger partial charge in [-0.25, -0.2) is 0 Å². The number of nitrogens with zero attached hydrogens (tertiary/aromatic N) is 3. The lowest BCUT2D eigenvalue weighted by Gasteiger charge is -2.38. The van der Waals surface area contributed by atoms with Gasteiger partial charge in [-0.05, 0) is 62.5 Å². The summed E-state index contributed by atoms with van der Waals surface area (Å²) < 4.78 is 5.57. The third-order valence-corrected chi connectivity index (χ3v) is 5.43. The van der Waals surface area contributed by atoms with Crippen molar-refractivity contribution >= 4 is 5.91 Å². The fourth-order valence-corrected chi connectivity index (χ4v) is 4.09. The monoisotopic (exact) mass is 327 g/mol. The molecule has 1 amide bonds. The molecule has 5 nitrogen and oxygen atoms in total. The molecule has 0 aliphatic carbocycles. The summed E-state index contributed by atoms with van der Waals surface area (Å²) in [7, 11) is 4.19. The second kappa shape index (κ2) is 6.92. The molecule has 1 atom stereocenters. The van der Waals surface area contributed by atoms with Crippen LogP contribution in [0, 0.1) is 22.7 Å². The molecule has 1 aromatic carbocycles. The van der Waals surface area contributed by atoms with Crippen molar-refractivity contribution in [2.24, 2.45) is 11.3 Å². The number of hydrogen-bond acceptors (Lipinski definition) is 4. The fraction of sp³-hybridized carbons (Fsp3) is 0.579. The molecule has 1 spiro atoms. The topological polar surface area (TPSA) is 56.6 Å². The van der Waals surface area contributed by atoms with Crippen LogP contribution in [0.2, 0.25) is 0 Å². The molecule has 2 aliphatic rings. The maximum atomic E-state index is 12.9. The van der Waals surface area contributed by atoms with Crippen LogP contribution in [0.25, 0.3) is 0 Å². The van der Waals surface area contributed by atoms with Crippen molar-refractivity contribution < 1.29 is 9.53 Å². The first-order valence-corrected chi connectivity index (χ1v) is 8.56. The number of benzene rings is 1. The van der Waals surface area contributed by atoms with Gasteiger partial charge in [0.1, 0.15) is 0 Å². The Morgan fingerprint density at radius 3 is 2.58 bits per heavy atom. The van der Waals surface area contributed by atoms with Gasteiger partial charge in [-0.1, -0.05) is 0 Å². The van der Waals surface area contributed by atoms with Crippen molar-refractivity contribution in [3.05, 3.63) is 35.4 Å². The minimum Gasteiger partial charge on any atom is -0.381 e. The number of rotatable bonds is 3. The molecular weight excluding hydrogens is 302 g/mol. The second-order valence-corrected chi connectivity index (χ2v) is 7.31. The minimum absolute atomic E-state index is 0.0756. The average Bonchev–Trinajstić information content (AvgIpc) is 2.92. The minimum atomic E-state index is 0.0756. The zero-order chi connectivity index (χ0) is 17.2. The Bertz CT molecular complexity index is 627. The summed E-state index contributed by atoms with van der Waals surface area (Å²) in [5, 5.41) is 8.90. The van der Waals surface area contributed by atoms with E-state index in [0.29, 0.717) is 17.0 Å². The summed E-state index contributed by atoms with van der Waals surface area (Å²) in [6.07, 6.45) is 2.06. The van der Waals surface area contributed by atoms with Crippen LogP contribution >= 0.6 is 0 Å². The Labute approximate surface area is 143 Å². The van der Waals surface area contributed by atoms with Crippen molar-refractivity contribution in [3.63, 3.8) is 0 Å². The summed E-state index contributed by atoms with van der Waals surface area (Å²) >= 11 is 0. The number of nitriles is 1. The van der Waals surface area contributed by atoms with Gasteiger partial charge in [-0.2, -0.15) is 5.26 Å². The molecule has 2 aliphatic heterocycles. The lowest BCUT2D eigenvalue weighted by atomic mass is 9.72. The number of carbonyl (C=O) groups is 1. The molecule has 3 rings (SSSR count). The first-order chi connectivity index (χ1) is 11.5. The van der Waals surface area contributed by atoms with Crippen molar-refractivity contribution in [1.29, 1.82) is 5.26 Å². The van der Waals surface area contributed by atoms with Crippen molar-refractivity contribution in [1.82, 2.24) is 9.80 Å². The third kappa shape index (κ3) is 3.31. The van der Waals surface area contributed by atoms with Gasteiger partial charge in [0.25, 0.3) is 5.91 Å². The lowest BCUT2D eigenvalue weighted by molar-refractivity contribution is -0.00451. The van der Waals surface area contributed by atoms with Gasteiger partial charge in [-0.15, -0.1) is 0 Å². The Morgan fingerprint density at radius 2 is 2.00 bits per heavy atom. The SMILES string of the molecule is CN(C)C[C@@H]1CN(C(=O)c2ccc(C#N)cc2)CC12CCOCC2. The number of ether oxygens (including phenoxy) is 1. The Hall–Kier alpha value is -1.90. The molecule has 0 saturated carbocycles. The molecule has 2 heterocycles. The molecule has 2 fully saturated rings. The molecule has 128 valence electrons. The molecule has 1 aromatic rings. The van der Waals surface area contributed by atoms with E-state index in [2.05, 4.69) is 25.1 Å². The van der Waals surface area contributed by atoms with E-state index in [-0.39, 0.29) is 11.3 Å². The number of amides is 1. The van der Waals surface area contributed by atoms with Crippen LogP contribution < -0.4 is 0 Å². The molecule has 0 bridgehead atoms. The summed E-state index contributed by atoms with van der Waals surface area (Å²) in [6, 6.07) is 9.04. The smallest absolute Gasteiger partial charge is 0.253 e. The van der Waals surface area contributed by atoms with Crippen LogP contribution in [-0.4, -0.2) is 62.7 Å². The van der Waals surface area contributed by atoms with Crippen LogP contribution in [0.3, 0.4) is 0 Å². The van der Waals surface area contributed by atoms with Gasteiger partial charge in [0.2, 0.25) is 0 Å². The third-order valence-electron chi connectivity index (χ3n) is 5.43. The van der Waals surface area contributed by atoms with Gasteiger partial charge in [-0.3, -0.25) is 4.79 Å². The van der Waals surface area contributed by atoms with E-state index in [1.54, 1.807) is 24.3 Å². The highest BCUT2D eigenvalue weighted by Gasteiger charge is 2.48. The summed E-state index contributed by atoms with van der Waals surface area (Å²) in [4.78, 5) is 17.1. The van der Waals surface area contributed by atoms with Gasteiger partial charge in [0, 0.05) is 38.4 Å². The largest absolute Gasteiger partial charge is 0.381 e. The molecule has 0 N–H and O–H groups in total. The molecule has 0 unspecified atom stereocenters. The van der Waals surface area contributed by atoms with E-state index < -0.39 is 0 Å². The first-order valence-electron chi connectivity index (χ1n) is 8.56. The van der Waals surface area contributed by atoms with Gasteiger partial charge < -0.3 is 14.5 Å². The van der Waals surface area contributed by atoms with Crippen molar-refractivity contribution in [3.8, 4) is 6.07 Å². The predicted molar refractivity (Wildman–Crippen MR) is 91.6 cm³/mol. The van der Waals surface area contributed by atoms with Crippen LogP contribution in [0.5, 0.6) is 0 Å². The number of carbonyl (C=O) groups excluding carboxylic acids is 1. The quantitative estimate of drug-likeness (QED) is 0.852. The second-order valence-electron chi connectivity index (χ2n) is 7.31. The molecular formula is C19H25N3O2. The van der Waals surface area contributed by atoms with Crippen LogP contribution in [0.1, 0.15) is 28.8 Å². The van der Waals surface area contributed by atoms with Crippen LogP contribution in [0.15, 0.2) is 24.3 Å². The molecule has 24 heavy (non-hydrogen) atoms. The summed E-state index contributed by atoms with van der Waals surface area (Å²) in [5.41, 5.74) is 1.44. The predicted octanol–water partition coefficient (Wildman–Crippen LogP) is 1.99. The standard InChI is InChI=1S/C19H25N3O2/c1-21(2)12-17-13-22(14-19(17)7-9-24-10-8-19)18(23)16-5-3-15(11-20)4-6-16/h3-6,17H,7-10,12-14H2,1-2H3/t17-/m1/s1.